The third-order valence-electron chi connectivity index (χ3n) is 2.37. The highest BCUT2D eigenvalue weighted by molar-refractivity contribution is 5.41. The van der Waals surface area contributed by atoms with Crippen LogP contribution in [0, 0.1) is 10.1 Å². The SMILES string of the molecule is CCc1nccn1-c1ccc([N+](=O)[O-])cc1. The quantitative estimate of drug-likeness (QED) is 0.585. The largest absolute Gasteiger partial charge is 0.304 e. The Bertz CT molecular complexity index is 502. The minimum Gasteiger partial charge on any atom is -0.304 e. The van der Waals surface area contributed by atoms with Gasteiger partial charge in [0.15, 0.2) is 0 Å². The van der Waals surface area contributed by atoms with Gasteiger partial charge < -0.3 is 4.57 Å². The molecule has 0 atom stereocenters. The monoisotopic (exact) mass is 217 g/mol. The number of non-ortho nitro benzene ring substituents is 1. The summed E-state index contributed by atoms with van der Waals surface area (Å²) < 4.78 is 1.92. The van der Waals surface area contributed by atoms with Crippen LogP contribution in [0.15, 0.2) is 36.7 Å². The maximum absolute atomic E-state index is 10.5. The number of nitrogens with zero attached hydrogens (tertiary/aromatic N) is 3. The predicted octanol–water partition coefficient (Wildman–Crippen LogP) is 2.34. The molecule has 5 heteroatoms. The molecule has 0 radical (unpaired) electrons. The summed E-state index contributed by atoms with van der Waals surface area (Å²) in [6.45, 7) is 2.02. The maximum atomic E-state index is 10.5. The van der Waals surface area contributed by atoms with E-state index in [4.69, 9.17) is 0 Å². The average Bonchev–Trinajstić information content (AvgIpc) is 2.77. The summed E-state index contributed by atoms with van der Waals surface area (Å²) >= 11 is 0. The zero-order valence-corrected chi connectivity index (χ0v) is 8.83. The van der Waals surface area contributed by atoms with Crippen LogP contribution in [0.4, 0.5) is 5.69 Å². The Balaban J connectivity index is 2.38. The van der Waals surface area contributed by atoms with Gasteiger partial charge in [0.1, 0.15) is 5.82 Å². The average molecular weight is 217 g/mol. The molecule has 2 rings (SSSR count). The lowest BCUT2D eigenvalue weighted by molar-refractivity contribution is -0.384. The fourth-order valence-corrected chi connectivity index (χ4v) is 1.57. The lowest BCUT2D eigenvalue weighted by atomic mass is 10.3. The summed E-state index contributed by atoms with van der Waals surface area (Å²) in [6.07, 6.45) is 4.39. The Morgan fingerprint density at radius 1 is 1.38 bits per heavy atom. The second kappa shape index (κ2) is 4.14. The number of hydrogen-bond donors (Lipinski definition) is 0. The van der Waals surface area contributed by atoms with Crippen LogP contribution in [-0.4, -0.2) is 14.5 Å². The second-order valence-corrected chi connectivity index (χ2v) is 3.34. The standard InChI is InChI=1S/C11H11N3O2/c1-2-11-12-7-8-13(11)9-3-5-10(6-4-9)14(15)16/h3-8H,2H2,1H3. The molecule has 0 bridgehead atoms. The van der Waals surface area contributed by atoms with Gasteiger partial charge in [-0.1, -0.05) is 6.92 Å². The first-order valence-electron chi connectivity index (χ1n) is 4.99. The summed E-state index contributed by atoms with van der Waals surface area (Å²) in [5.74, 6) is 0.939. The number of benzene rings is 1. The topological polar surface area (TPSA) is 61.0 Å². The highest BCUT2D eigenvalue weighted by atomic mass is 16.6. The van der Waals surface area contributed by atoms with Crippen molar-refractivity contribution >= 4 is 5.69 Å². The van der Waals surface area contributed by atoms with Gasteiger partial charge >= 0.3 is 0 Å². The Morgan fingerprint density at radius 3 is 2.62 bits per heavy atom. The zero-order chi connectivity index (χ0) is 11.5. The molecule has 2 aromatic rings. The lowest BCUT2D eigenvalue weighted by Gasteiger charge is -2.05. The molecular weight excluding hydrogens is 206 g/mol. The fourth-order valence-electron chi connectivity index (χ4n) is 1.57. The van der Waals surface area contributed by atoms with E-state index in [2.05, 4.69) is 4.98 Å². The van der Waals surface area contributed by atoms with E-state index in [1.165, 1.54) is 12.1 Å². The van der Waals surface area contributed by atoms with Crippen LogP contribution in [0.3, 0.4) is 0 Å². The van der Waals surface area contributed by atoms with Crippen LogP contribution < -0.4 is 0 Å². The van der Waals surface area contributed by atoms with E-state index in [9.17, 15) is 10.1 Å². The number of aromatic nitrogens is 2. The number of hydrogen-bond acceptors (Lipinski definition) is 3. The van der Waals surface area contributed by atoms with E-state index in [-0.39, 0.29) is 5.69 Å². The van der Waals surface area contributed by atoms with Gasteiger partial charge in [0.25, 0.3) is 5.69 Å². The zero-order valence-electron chi connectivity index (χ0n) is 8.83. The summed E-state index contributed by atoms with van der Waals surface area (Å²) in [5.41, 5.74) is 0.988. The van der Waals surface area contributed by atoms with Crippen LogP contribution >= 0.6 is 0 Å². The minimum atomic E-state index is -0.404. The highest BCUT2D eigenvalue weighted by Crippen LogP contribution is 2.16. The third kappa shape index (κ3) is 1.79. The van der Waals surface area contributed by atoms with Gasteiger partial charge in [0.05, 0.1) is 4.92 Å². The molecule has 0 unspecified atom stereocenters. The van der Waals surface area contributed by atoms with E-state index in [1.807, 2.05) is 17.7 Å². The Morgan fingerprint density at radius 2 is 2.06 bits per heavy atom. The highest BCUT2D eigenvalue weighted by Gasteiger charge is 2.06. The van der Waals surface area contributed by atoms with Gasteiger partial charge in [0.2, 0.25) is 0 Å². The molecule has 1 heterocycles. The molecule has 82 valence electrons. The Kier molecular flexibility index (Phi) is 2.68. The molecule has 0 aliphatic rings. The molecule has 0 N–H and O–H groups in total. The van der Waals surface area contributed by atoms with Gasteiger partial charge in [-0.05, 0) is 12.1 Å². The predicted molar refractivity (Wildman–Crippen MR) is 59.6 cm³/mol. The van der Waals surface area contributed by atoms with Gasteiger partial charge in [-0.25, -0.2) is 4.98 Å². The van der Waals surface area contributed by atoms with Gasteiger partial charge in [-0.15, -0.1) is 0 Å². The van der Waals surface area contributed by atoms with Crippen LogP contribution in [0.2, 0.25) is 0 Å². The van der Waals surface area contributed by atoms with Crippen LogP contribution in [0.5, 0.6) is 0 Å². The first-order chi connectivity index (χ1) is 7.72. The number of rotatable bonds is 3. The van der Waals surface area contributed by atoms with Crippen molar-refractivity contribution in [3.8, 4) is 5.69 Å². The van der Waals surface area contributed by atoms with Crippen molar-refractivity contribution in [2.45, 2.75) is 13.3 Å². The smallest absolute Gasteiger partial charge is 0.269 e. The van der Waals surface area contributed by atoms with Gasteiger partial charge in [-0.3, -0.25) is 10.1 Å². The van der Waals surface area contributed by atoms with E-state index in [0.717, 1.165) is 17.9 Å². The number of imidazole rings is 1. The molecule has 16 heavy (non-hydrogen) atoms. The fraction of sp³-hybridized carbons (Fsp3) is 0.182. The molecule has 0 aliphatic carbocycles. The molecular formula is C11H11N3O2. The molecule has 0 saturated heterocycles. The second-order valence-electron chi connectivity index (χ2n) is 3.34. The number of nitro benzene ring substituents is 1. The molecule has 0 saturated carbocycles. The summed E-state index contributed by atoms with van der Waals surface area (Å²) in [4.78, 5) is 14.3. The summed E-state index contributed by atoms with van der Waals surface area (Å²) in [6, 6.07) is 6.43. The lowest BCUT2D eigenvalue weighted by Crippen LogP contribution is -1.99. The third-order valence-corrected chi connectivity index (χ3v) is 2.37. The Labute approximate surface area is 92.5 Å². The van der Waals surface area contributed by atoms with Crippen molar-refractivity contribution in [1.82, 2.24) is 9.55 Å². The number of aryl methyl sites for hydroxylation is 1. The van der Waals surface area contributed by atoms with Crippen molar-refractivity contribution in [2.75, 3.05) is 0 Å². The molecule has 5 nitrogen and oxygen atoms in total. The van der Waals surface area contributed by atoms with Crippen LogP contribution in [0.1, 0.15) is 12.7 Å². The minimum absolute atomic E-state index is 0.0990. The van der Waals surface area contributed by atoms with Crippen molar-refractivity contribution < 1.29 is 4.92 Å². The summed E-state index contributed by atoms with van der Waals surface area (Å²) in [5, 5.41) is 10.5. The van der Waals surface area contributed by atoms with Crippen molar-refractivity contribution in [3.05, 3.63) is 52.6 Å². The van der Waals surface area contributed by atoms with E-state index < -0.39 is 4.92 Å². The molecule has 0 fully saturated rings. The first-order valence-corrected chi connectivity index (χ1v) is 4.99. The van der Waals surface area contributed by atoms with Crippen molar-refractivity contribution in [1.29, 1.82) is 0 Å². The van der Waals surface area contributed by atoms with E-state index in [1.54, 1.807) is 18.3 Å². The van der Waals surface area contributed by atoms with Gasteiger partial charge in [0, 0.05) is 36.6 Å². The Hall–Kier alpha value is -2.17. The number of nitro groups is 1. The van der Waals surface area contributed by atoms with Crippen LogP contribution in [0.25, 0.3) is 5.69 Å². The molecule has 0 aliphatic heterocycles. The molecule has 1 aromatic heterocycles. The summed E-state index contributed by atoms with van der Waals surface area (Å²) in [7, 11) is 0. The first kappa shape index (κ1) is 10.4. The van der Waals surface area contributed by atoms with E-state index in [0.29, 0.717) is 0 Å². The normalized spacial score (nSPS) is 10.3. The van der Waals surface area contributed by atoms with Crippen molar-refractivity contribution in [2.24, 2.45) is 0 Å². The molecule has 0 spiro atoms. The van der Waals surface area contributed by atoms with Gasteiger partial charge in [-0.2, -0.15) is 0 Å². The molecule has 1 aromatic carbocycles. The van der Waals surface area contributed by atoms with Crippen molar-refractivity contribution in [3.63, 3.8) is 0 Å². The maximum Gasteiger partial charge on any atom is 0.269 e. The molecule has 0 amide bonds. The van der Waals surface area contributed by atoms with Crippen LogP contribution in [-0.2, 0) is 6.42 Å². The van der Waals surface area contributed by atoms with E-state index >= 15 is 0 Å².